The largest absolute Gasteiger partial charge is 0.461 e. The van der Waals surface area contributed by atoms with Crippen LogP contribution in [-0.4, -0.2) is 28.5 Å². The Bertz CT molecular complexity index is 917. The average Bonchev–Trinajstić information content (AvgIpc) is 2.98. The Morgan fingerprint density at radius 2 is 2.08 bits per heavy atom. The van der Waals surface area contributed by atoms with Crippen LogP contribution in [0.1, 0.15) is 24.3 Å². The molecule has 0 atom stereocenters. The standard InChI is InChI=1S/C17H15N3O4/c1-3-23-17(22)14-8-11(6-7-18-14)16-20-13-5-4-12(19-10(2)21)9-15(13)24-16/h4-9H,3H2,1-2H3,(H,19,21). The molecule has 0 saturated carbocycles. The number of fused-ring (bicyclic) bond motifs is 1. The zero-order valence-electron chi connectivity index (χ0n) is 13.2. The molecule has 0 aliphatic heterocycles. The molecule has 0 spiro atoms. The highest BCUT2D eigenvalue weighted by atomic mass is 16.5. The molecule has 0 aliphatic rings. The number of hydrogen-bond donors (Lipinski definition) is 1. The molecule has 0 unspecified atom stereocenters. The van der Waals surface area contributed by atoms with Gasteiger partial charge >= 0.3 is 5.97 Å². The van der Waals surface area contributed by atoms with Crippen LogP contribution < -0.4 is 5.32 Å². The SMILES string of the molecule is CCOC(=O)c1cc(-c2nc3ccc(NC(C)=O)cc3o2)ccn1. The Kier molecular flexibility index (Phi) is 4.24. The summed E-state index contributed by atoms with van der Waals surface area (Å²) in [5, 5.41) is 2.69. The maximum Gasteiger partial charge on any atom is 0.356 e. The van der Waals surface area contributed by atoms with E-state index in [1.807, 2.05) is 0 Å². The average molecular weight is 325 g/mol. The Hall–Kier alpha value is -3.22. The number of ether oxygens (including phenoxy) is 1. The first-order valence-electron chi connectivity index (χ1n) is 7.38. The number of aromatic nitrogens is 2. The molecule has 122 valence electrons. The molecule has 24 heavy (non-hydrogen) atoms. The predicted molar refractivity (Wildman–Crippen MR) is 87.5 cm³/mol. The number of rotatable bonds is 4. The van der Waals surface area contributed by atoms with Gasteiger partial charge in [-0.25, -0.2) is 14.8 Å². The lowest BCUT2D eigenvalue weighted by Gasteiger charge is -2.01. The van der Waals surface area contributed by atoms with Crippen LogP contribution in [0.4, 0.5) is 5.69 Å². The number of anilines is 1. The maximum absolute atomic E-state index is 11.8. The van der Waals surface area contributed by atoms with E-state index in [1.165, 1.54) is 13.1 Å². The van der Waals surface area contributed by atoms with Crippen molar-refractivity contribution in [3.8, 4) is 11.5 Å². The van der Waals surface area contributed by atoms with E-state index in [9.17, 15) is 9.59 Å². The second-order valence-electron chi connectivity index (χ2n) is 5.03. The maximum atomic E-state index is 11.8. The summed E-state index contributed by atoms with van der Waals surface area (Å²) in [4.78, 5) is 31.3. The van der Waals surface area contributed by atoms with E-state index in [4.69, 9.17) is 9.15 Å². The van der Waals surface area contributed by atoms with Crippen LogP contribution in [0.25, 0.3) is 22.6 Å². The number of benzene rings is 1. The third kappa shape index (κ3) is 3.24. The molecule has 0 aliphatic carbocycles. The van der Waals surface area contributed by atoms with Crippen molar-refractivity contribution in [3.63, 3.8) is 0 Å². The first-order chi connectivity index (χ1) is 11.6. The minimum atomic E-state index is -0.497. The second-order valence-corrected chi connectivity index (χ2v) is 5.03. The summed E-state index contributed by atoms with van der Waals surface area (Å²) < 4.78 is 10.7. The molecule has 0 fully saturated rings. The number of nitrogens with one attached hydrogen (secondary N) is 1. The van der Waals surface area contributed by atoms with E-state index in [1.54, 1.807) is 37.3 Å². The Morgan fingerprint density at radius 1 is 1.25 bits per heavy atom. The van der Waals surface area contributed by atoms with Gasteiger partial charge in [-0.2, -0.15) is 0 Å². The minimum Gasteiger partial charge on any atom is -0.461 e. The van der Waals surface area contributed by atoms with Crippen molar-refractivity contribution in [3.05, 3.63) is 42.2 Å². The fourth-order valence-corrected chi connectivity index (χ4v) is 2.21. The molecule has 7 heteroatoms. The molecule has 1 aromatic carbocycles. The van der Waals surface area contributed by atoms with Gasteiger partial charge in [0.05, 0.1) is 6.61 Å². The van der Waals surface area contributed by atoms with Crippen molar-refractivity contribution in [2.75, 3.05) is 11.9 Å². The van der Waals surface area contributed by atoms with Crippen molar-refractivity contribution in [1.82, 2.24) is 9.97 Å². The first kappa shape index (κ1) is 15.7. The van der Waals surface area contributed by atoms with Gasteiger partial charge in [0.25, 0.3) is 0 Å². The zero-order chi connectivity index (χ0) is 17.1. The van der Waals surface area contributed by atoms with Crippen LogP contribution in [0, 0.1) is 0 Å². The topological polar surface area (TPSA) is 94.3 Å². The van der Waals surface area contributed by atoms with E-state index in [0.29, 0.717) is 28.2 Å². The van der Waals surface area contributed by atoms with Gasteiger partial charge in [0.15, 0.2) is 5.58 Å². The number of oxazole rings is 1. The molecule has 0 saturated heterocycles. The number of esters is 1. The summed E-state index contributed by atoms with van der Waals surface area (Å²) in [7, 11) is 0. The Labute approximate surface area is 137 Å². The van der Waals surface area contributed by atoms with Crippen LogP contribution >= 0.6 is 0 Å². The summed E-state index contributed by atoms with van der Waals surface area (Å²) in [5.41, 5.74) is 2.61. The Balaban J connectivity index is 1.96. The lowest BCUT2D eigenvalue weighted by molar-refractivity contribution is -0.114. The van der Waals surface area contributed by atoms with Crippen LogP contribution in [-0.2, 0) is 9.53 Å². The van der Waals surface area contributed by atoms with Crippen LogP contribution in [0.5, 0.6) is 0 Å². The van der Waals surface area contributed by atoms with Crippen LogP contribution in [0.15, 0.2) is 40.9 Å². The number of carbonyl (C=O) groups excluding carboxylic acids is 2. The van der Waals surface area contributed by atoms with Gasteiger partial charge in [-0.3, -0.25) is 4.79 Å². The first-order valence-corrected chi connectivity index (χ1v) is 7.38. The highest BCUT2D eigenvalue weighted by molar-refractivity contribution is 5.91. The normalized spacial score (nSPS) is 10.6. The molecular weight excluding hydrogens is 310 g/mol. The highest BCUT2D eigenvalue weighted by Gasteiger charge is 2.13. The molecule has 1 N–H and O–H groups in total. The van der Waals surface area contributed by atoms with Crippen molar-refractivity contribution >= 4 is 28.7 Å². The van der Waals surface area contributed by atoms with Gasteiger partial charge in [-0.1, -0.05) is 0 Å². The van der Waals surface area contributed by atoms with E-state index < -0.39 is 5.97 Å². The number of nitrogens with zero attached hydrogens (tertiary/aromatic N) is 2. The Morgan fingerprint density at radius 3 is 2.83 bits per heavy atom. The summed E-state index contributed by atoms with van der Waals surface area (Å²) in [6, 6.07) is 8.45. The fourth-order valence-electron chi connectivity index (χ4n) is 2.21. The minimum absolute atomic E-state index is 0.165. The summed E-state index contributed by atoms with van der Waals surface area (Å²) >= 11 is 0. The van der Waals surface area contributed by atoms with E-state index in [2.05, 4.69) is 15.3 Å². The van der Waals surface area contributed by atoms with Gasteiger partial charge in [-0.15, -0.1) is 0 Å². The molecule has 3 aromatic rings. The van der Waals surface area contributed by atoms with E-state index in [-0.39, 0.29) is 18.2 Å². The van der Waals surface area contributed by atoms with E-state index >= 15 is 0 Å². The van der Waals surface area contributed by atoms with Crippen molar-refractivity contribution in [1.29, 1.82) is 0 Å². The van der Waals surface area contributed by atoms with Crippen molar-refractivity contribution in [2.45, 2.75) is 13.8 Å². The smallest absolute Gasteiger partial charge is 0.356 e. The van der Waals surface area contributed by atoms with Gasteiger partial charge in [0.2, 0.25) is 11.8 Å². The molecule has 2 aromatic heterocycles. The number of amides is 1. The van der Waals surface area contributed by atoms with Gasteiger partial charge in [0, 0.05) is 30.4 Å². The lowest BCUT2D eigenvalue weighted by Crippen LogP contribution is -2.06. The molecule has 0 bridgehead atoms. The van der Waals surface area contributed by atoms with E-state index in [0.717, 1.165) is 0 Å². The summed E-state index contributed by atoms with van der Waals surface area (Å²) in [6.07, 6.45) is 1.50. The zero-order valence-corrected chi connectivity index (χ0v) is 13.2. The number of carbonyl (C=O) groups is 2. The van der Waals surface area contributed by atoms with Crippen molar-refractivity contribution in [2.24, 2.45) is 0 Å². The third-order valence-electron chi connectivity index (χ3n) is 3.20. The number of pyridine rings is 1. The van der Waals surface area contributed by atoms with Gasteiger partial charge < -0.3 is 14.5 Å². The van der Waals surface area contributed by atoms with Crippen LogP contribution in [0.3, 0.4) is 0 Å². The quantitative estimate of drug-likeness (QED) is 0.741. The van der Waals surface area contributed by atoms with Crippen LogP contribution in [0.2, 0.25) is 0 Å². The summed E-state index contributed by atoms with van der Waals surface area (Å²) in [6.45, 7) is 3.44. The van der Waals surface area contributed by atoms with Gasteiger partial charge in [0.1, 0.15) is 11.2 Å². The second kappa shape index (κ2) is 6.49. The fraction of sp³-hybridized carbons (Fsp3) is 0.176. The molecule has 0 radical (unpaired) electrons. The molecular formula is C17H15N3O4. The highest BCUT2D eigenvalue weighted by Crippen LogP contribution is 2.26. The number of hydrogen-bond acceptors (Lipinski definition) is 6. The van der Waals surface area contributed by atoms with Crippen molar-refractivity contribution < 1.29 is 18.7 Å². The molecule has 3 rings (SSSR count). The van der Waals surface area contributed by atoms with Gasteiger partial charge in [-0.05, 0) is 31.2 Å². The predicted octanol–water partition coefficient (Wildman–Crippen LogP) is 3.02. The lowest BCUT2D eigenvalue weighted by atomic mass is 10.2. The summed E-state index contributed by atoms with van der Waals surface area (Å²) in [5.74, 6) is -0.302. The monoisotopic (exact) mass is 325 g/mol. The molecule has 2 heterocycles. The molecule has 7 nitrogen and oxygen atoms in total. The third-order valence-corrected chi connectivity index (χ3v) is 3.20. The molecule has 1 amide bonds.